The second-order valence-corrected chi connectivity index (χ2v) is 7.47. The lowest BCUT2D eigenvalue weighted by Crippen LogP contribution is -1.99. The quantitative estimate of drug-likeness (QED) is 0.367. The van der Waals surface area contributed by atoms with Crippen LogP contribution in [-0.2, 0) is 13.0 Å². The number of pyridine rings is 1. The highest BCUT2D eigenvalue weighted by Gasteiger charge is 2.16. The van der Waals surface area contributed by atoms with Crippen molar-refractivity contribution < 1.29 is 4.74 Å². The summed E-state index contributed by atoms with van der Waals surface area (Å²) in [5.74, 6) is 0.854. The van der Waals surface area contributed by atoms with E-state index in [1.807, 2.05) is 30.3 Å². The number of H-pyrrole nitrogens is 1. The summed E-state index contributed by atoms with van der Waals surface area (Å²) in [4.78, 5) is 7.66. The summed E-state index contributed by atoms with van der Waals surface area (Å²) in [5, 5.41) is 1.80. The Bertz CT molecular complexity index is 1090. The number of fused-ring (bicyclic) bond motifs is 1. The predicted octanol–water partition coefficient (Wildman–Crippen LogP) is 5.74. The number of aromatic nitrogens is 2. The Balaban J connectivity index is 1.70. The van der Waals surface area contributed by atoms with Crippen molar-refractivity contribution in [3.63, 3.8) is 0 Å². The number of aromatic amines is 1. The largest absolute Gasteiger partial charge is 0.489 e. The van der Waals surface area contributed by atoms with E-state index < -0.39 is 0 Å². The van der Waals surface area contributed by atoms with Gasteiger partial charge in [0.2, 0.25) is 0 Å². The summed E-state index contributed by atoms with van der Waals surface area (Å²) in [6.07, 6.45) is 6.38. The van der Waals surface area contributed by atoms with Crippen LogP contribution in [0.15, 0.2) is 67.0 Å². The summed E-state index contributed by atoms with van der Waals surface area (Å²) in [6.45, 7) is 1.24. The molecule has 5 heteroatoms. The van der Waals surface area contributed by atoms with Gasteiger partial charge in [-0.05, 0) is 61.2 Å². The van der Waals surface area contributed by atoms with Crippen molar-refractivity contribution in [2.75, 3.05) is 6.54 Å². The molecule has 0 aliphatic rings. The number of rotatable bonds is 8. The minimum atomic E-state index is 0.544. The van der Waals surface area contributed by atoms with Crippen LogP contribution in [0.25, 0.3) is 22.2 Å². The van der Waals surface area contributed by atoms with Gasteiger partial charge in [0, 0.05) is 28.9 Å². The van der Waals surface area contributed by atoms with Crippen molar-refractivity contribution in [1.82, 2.24) is 9.97 Å². The Morgan fingerprint density at radius 1 is 1.03 bits per heavy atom. The molecule has 148 valence electrons. The van der Waals surface area contributed by atoms with Crippen LogP contribution < -0.4 is 10.5 Å². The predicted molar refractivity (Wildman–Crippen MR) is 119 cm³/mol. The molecule has 4 rings (SSSR count). The minimum Gasteiger partial charge on any atom is -0.489 e. The molecule has 0 saturated carbocycles. The summed E-state index contributed by atoms with van der Waals surface area (Å²) in [7, 11) is 0. The molecule has 0 aliphatic carbocycles. The third kappa shape index (κ3) is 4.44. The number of benzene rings is 2. The maximum Gasteiger partial charge on any atom is 0.120 e. The highest BCUT2D eigenvalue weighted by molar-refractivity contribution is 6.33. The van der Waals surface area contributed by atoms with Crippen molar-refractivity contribution in [3.05, 3.63) is 83.1 Å². The molecule has 4 aromatic rings. The zero-order valence-corrected chi connectivity index (χ0v) is 17.0. The van der Waals surface area contributed by atoms with E-state index in [-0.39, 0.29) is 0 Å². The summed E-state index contributed by atoms with van der Waals surface area (Å²) >= 11 is 6.44. The molecule has 4 nitrogen and oxygen atoms in total. The lowest BCUT2D eigenvalue weighted by Gasteiger charge is -2.08. The van der Waals surface area contributed by atoms with Gasteiger partial charge >= 0.3 is 0 Å². The van der Waals surface area contributed by atoms with Crippen LogP contribution in [0.4, 0.5) is 0 Å². The smallest absolute Gasteiger partial charge is 0.120 e. The lowest BCUT2D eigenvalue weighted by atomic mass is 10.0. The van der Waals surface area contributed by atoms with Gasteiger partial charge in [0.25, 0.3) is 0 Å². The molecule has 2 aromatic heterocycles. The van der Waals surface area contributed by atoms with Crippen LogP contribution in [-0.4, -0.2) is 16.5 Å². The zero-order chi connectivity index (χ0) is 20.1. The summed E-state index contributed by atoms with van der Waals surface area (Å²) in [6, 6.07) is 18.3. The van der Waals surface area contributed by atoms with E-state index in [1.165, 1.54) is 5.56 Å². The van der Waals surface area contributed by atoms with Crippen LogP contribution in [0.5, 0.6) is 5.75 Å². The first-order chi connectivity index (χ1) is 14.3. The maximum atomic E-state index is 6.44. The van der Waals surface area contributed by atoms with E-state index in [1.54, 1.807) is 12.4 Å². The molecule has 2 aromatic carbocycles. The van der Waals surface area contributed by atoms with Crippen molar-refractivity contribution in [1.29, 1.82) is 0 Å². The van der Waals surface area contributed by atoms with Gasteiger partial charge in [0.15, 0.2) is 0 Å². The summed E-state index contributed by atoms with van der Waals surface area (Å²) in [5.41, 5.74) is 11.2. The number of nitrogens with zero attached hydrogens (tertiary/aromatic N) is 1. The molecular formula is C24H24ClN3O. The van der Waals surface area contributed by atoms with Crippen molar-refractivity contribution in [2.45, 2.75) is 25.9 Å². The van der Waals surface area contributed by atoms with Gasteiger partial charge in [-0.2, -0.15) is 0 Å². The molecule has 0 bridgehead atoms. The van der Waals surface area contributed by atoms with E-state index in [4.69, 9.17) is 22.1 Å². The highest BCUT2D eigenvalue weighted by atomic mass is 35.5. The van der Waals surface area contributed by atoms with Gasteiger partial charge in [0.1, 0.15) is 12.4 Å². The molecule has 0 spiro atoms. The highest BCUT2D eigenvalue weighted by Crippen LogP contribution is 2.36. The Hall–Kier alpha value is -2.82. The minimum absolute atomic E-state index is 0.544. The Kier molecular flexibility index (Phi) is 6.13. The first-order valence-corrected chi connectivity index (χ1v) is 10.3. The number of aryl methyl sites for hydroxylation is 1. The third-order valence-electron chi connectivity index (χ3n) is 5.05. The van der Waals surface area contributed by atoms with E-state index in [2.05, 4.69) is 34.2 Å². The molecule has 0 amide bonds. The monoisotopic (exact) mass is 405 g/mol. The number of unbranched alkanes of at least 4 members (excludes halogenated alkanes) is 1. The van der Waals surface area contributed by atoms with Gasteiger partial charge in [-0.15, -0.1) is 0 Å². The van der Waals surface area contributed by atoms with Crippen LogP contribution >= 0.6 is 11.6 Å². The number of hydrogen-bond donors (Lipinski definition) is 2. The molecule has 0 fully saturated rings. The molecule has 0 radical (unpaired) electrons. The van der Waals surface area contributed by atoms with E-state index >= 15 is 0 Å². The van der Waals surface area contributed by atoms with Crippen LogP contribution in [0.2, 0.25) is 5.02 Å². The molecule has 0 aliphatic heterocycles. The van der Waals surface area contributed by atoms with Crippen molar-refractivity contribution in [2.24, 2.45) is 5.73 Å². The fourth-order valence-corrected chi connectivity index (χ4v) is 3.78. The van der Waals surface area contributed by atoms with Gasteiger partial charge < -0.3 is 15.5 Å². The Labute approximate surface area is 175 Å². The molecule has 0 unspecified atom stereocenters. The zero-order valence-electron chi connectivity index (χ0n) is 16.2. The van der Waals surface area contributed by atoms with Gasteiger partial charge in [-0.1, -0.05) is 41.9 Å². The molecule has 29 heavy (non-hydrogen) atoms. The number of nitrogens with one attached hydrogen (secondary N) is 1. The molecule has 3 N–H and O–H groups in total. The SMILES string of the molecule is NCCCCc1c(-c2ccncc2Cl)[nH]c2ccc(OCc3ccccc3)cc12. The number of hydrogen-bond acceptors (Lipinski definition) is 3. The van der Waals surface area contributed by atoms with E-state index in [9.17, 15) is 0 Å². The summed E-state index contributed by atoms with van der Waals surface area (Å²) < 4.78 is 6.05. The van der Waals surface area contributed by atoms with Gasteiger partial charge in [0.05, 0.1) is 10.7 Å². The average Bonchev–Trinajstić information content (AvgIpc) is 3.11. The topological polar surface area (TPSA) is 63.9 Å². The fraction of sp³-hybridized carbons (Fsp3) is 0.208. The standard InChI is InChI=1S/C24H24ClN3O/c25-22-15-27-13-11-20(22)24-19(8-4-5-12-26)21-14-18(9-10-23(21)28-24)29-16-17-6-2-1-3-7-17/h1-3,6-7,9-11,13-15,28H,4-5,8,12,16,26H2. The van der Waals surface area contributed by atoms with E-state index in [0.29, 0.717) is 18.2 Å². The second-order valence-electron chi connectivity index (χ2n) is 7.06. The first kappa shape index (κ1) is 19.5. The fourth-order valence-electron chi connectivity index (χ4n) is 3.57. The van der Waals surface area contributed by atoms with Crippen molar-refractivity contribution in [3.8, 4) is 17.0 Å². The van der Waals surface area contributed by atoms with Gasteiger partial charge in [-0.3, -0.25) is 4.98 Å². The molecule has 0 saturated heterocycles. The number of halogens is 1. The number of ether oxygens (including phenoxy) is 1. The van der Waals surface area contributed by atoms with E-state index in [0.717, 1.165) is 52.7 Å². The lowest BCUT2D eigenvalue weighted by molar-refractivity contribution is 0.306. The van der Waals surface area contributed by atoms with Crippen molar-refractivity contribution >= 4 is 22.5 Å². The van der Waals surface area contributed by atoms with Crippen LogP contribution in [0.3, 0.4) is 0 Å². The van der Waals surface area contributed by atoms with Crippen LogP contribution in [0, 0.1) is 0 Å². The maximum absolute atomic E-state index is 6.44. The number of nitrogens with two attached hydrogens (primary N) is 1. The Morgan fingerprint density at radius 2 is 1.90 bits per heavy atom. The van der Waals surface area contributed by atoms with Crippen LogP contribution in [0.1, 0.15) is 24.0 Å². The average molecular weight is 406 g/mol. The molecular weight excluding hydrogens is 382 g/mol. The molecule has 2 heterocycles. The third-order valence-corrected chi connectivity index (χ3v) is 5.35. The Morgan fingerprint density at radius 3 is 2.69 bits per heavy atom. The molecule has 0 atom stereocenters. The second kappa shape index (κ2) is 9.12. The van der Waals surface area contributed by atoms with Gasteiger partial charge in [-0.25, -0.2) is 0 Å². The normalized spacial score (nSPS) is 11.1. The first-order valence-electron chi connectivity index (χ1n) is 9.87.